The molecule has 0 spiro atoms. The Kier molecular flexibility index (Phi) is 5.85. The fourth-order valence-corrected chi connectivity index (χ4v) is 3.63. The van der Waals surface area contributed by atoms with E-state index in [9.17, 15) is 4.79 Å². The smallest absolute Gasteiger partial charge is 0.320 e. The van der Waals surface area contributed by atoms with E-state index in [4.69, 9.17) is 4.74 Å². The second kappa shape index (κ2) is 8.87. The van der Waals surface area contributed by atoms with Gasteiger partial charge in [0.1, 0.15) is 6.10 Å². The Bertz CT molecular complexity index is 937. The highest BCUT2D eigenvalue weighted by Crippen LogP contribution is 2.32. The molecule has 9 heteroatoms. The lowest BCUT2D eigenvalue weighted by Gasteiger charge is -2.31. The van der Waals surface area contributed by atoms with E-state index in [2.05, 4.69) is 26.0 Å². The van der Waals surface area contributed by atoms with E-state index < -0.39 is 0 Å². The van der Waals surface area contributed by atoms with Crippen LogP contribution in [-0.4, -0.2) is 44.0 Å². The molecule has 29 heavy (non-hydrogen) atoms. The highest BCUT2D eigenvalue weighted by atomic mass is 16.5. The molecule has 2 N–H and O–H groups in total. The number of rotatable bonds is 6. The van der Waals surface area contributed by atoms with Crippen molar-refractivity contribution < 1.29 is 9.53 Å². The van der Waals surface area contributed by atoms with Crippen LogP contribution >= 0.6 is 0 Å². The molecule has 1 aliphatic rings. The van der Waals surface area contributed by atoms with Crippen molar-refractivity contribution >= 4 is 11.8 Å². The van der Waals surface area contributed by atoms with Crippen LogP contribution in [0.15, 0.2) is 48.8 Å². The quantitative estimate of drug-likeness (QED) is 0.668. The minimum absolute atomic E-state index is 0.0664. The van der Waals surface area contributed by atoms with Gasteiger partial charge in [-0.15, -0.1) is 5.10 Å². The molecule has 1 saturated heterocycles. The molecule has 3 aromatic rings. The van der Waals surface area contributed by atoms with Crippen LogP contribution in [0, 0.1) is 5.92 Å². The summed E-state index contributed by atoms with van der Waals surface area (Å²) in [5.74, 6) is 0.611. The number of hydrogen-bond acceptors (Lipinski definition) is 5. The van der Waals surface area contributed by atoms with Gasteiger partial charge in [-0.1, -0.05) is 35.5 Å². The van der Waals surface area contributed by atoms with Crippen molar-refractivity contribution in [3.63, 3.8) is 0 Å². The number of nitrogens with zero attached hydrogens (tertiary/aromatic N) is 5. The lowest BCUT2D eigenvalue weighted by molar-refractivity contribution is -0.0313. The van der Waals surface area contributed by atoms with Crippen molar-refractivity contribution in [1.82, 2.24) is 30.1 Å². The Morgan fingerprint density at radius 2 is 2.14 bits per heavy atom. The fourth-order valence-electron chi connectivity index (χ4n) is 3.63. The third-order valence-electron chi connectivity index (χ3n) is 5.09. The molecule has 1 fully saturated rings. The molecule has 2 atom stereocenters. The summed E-state index contributed by atoms with van der Waals surface area (Å²) in [6.07, 6.45) is 5.39. The first-order valence-electron chi connectivity index (χ1n) is 9.77. The fraction of sp³-hybridized carbons (Fsp3) is 0.400. The van der Waals surface area contributed by atoms with E-state index in [0.29, 0.717) is 18.9 Å². The Morgan fingerprint density at radius 1 is 1.28 bits per heavy atom. The first kappa shape index (κ1) is 19.1. The average Bonchev–Trinajstić information content (AvgIpc) is 3.36. The number of carbonyl (C=O) groups excluding carboxylic acids is 1. The van der Waals surface area contributed by atoms with Crippen molar-refractivity contribution in [1.29, 1.82) is 0 Å². The normalized spacial score (nSPS) is 19.1. The molecule has 0 aliphatic carbocycles. The van der Waals surface area contributed by atoms with Gasteiger partial charge in [-0.25, -0.2) is 9.48 Å². The maximum atomic E-state index is 12.3. The van der Waals surface area contributed by atoms with Gasteiger partial charge in [-0.2, -0.15) is 5.10 Å². The number of nitrogens with one attached hydrogen (secondary N) is 2. The minimum atomic E-state index is -0.300. The van der Waals surface area contributed by atoms with Crippen LogP contribution in [0.2, 0.25) is 0 Å². The topological polar surface area (TPSA) is 98.9 Å². The van der Waals surface area contributed by atoms with Gasteiger partial charge in [0, 0.05) is 32.3 Å². The maximum Gasteiger partial charge on any atom is 0.320 e. The molecule has 2 aromatic heterocycles. The lowest BCUT2D eigenvalue weighted by atomic mass is 9.92. The van der Waals surface area contributed by atoms with Gasteiger partial charge < -0.3 is 10.1 Å². The zero-order valence-electron chi connectivity index (χ0n) is 16.4. The van der Waals surface area contributed by atoms with Crippen LogP contribution in [0.5, 0.6) is 0 Å². The molecule has 1 aliphatic heterocycles. The molecule has 2 amide bonds. The van der Waals surface area contributed by atoms with Crippen LogP contribution in [0.1, 0.15) is 30.2 Å². The number of aromatic nitrogens is 5. The van der Waals surface area contributed by atoms with Crippen LogP contribution in [0.4, 0.5) is 10.6 Å². The molecule has 152 valence electrons. The van der Waals surface area contributed by atoms with Crippen molar-refractivity contribution in [3.8, 4) is 0 Å². The number of benzene rings is 1. The number of urea groups is 1. The third-order valence-corrected chi connectivity index (χ3v) is 5.09. The first-order chi connectivity index (χ1) is 14.2. The maximum absolute atomic E-state index is 12.3. The summed E-state index contributed by atoms with van der Waals surface area (Å²) in [6.45, 7) is 1.84. The van der Waals surface area contributed by atoms with Crippen molar-refractivity contribution in [2.75, 3.05) is 18.5 Å². The predicted octanol–water partition coefficient (Wildman–Crippen LogP) is 2.35. The van der Waals surface area contributed by atoms with E-state index in [1.165, 1.54) is 0 Å². The summed E-state index contributed by atoms with van der Waals surface area (Å²) in [5, 5.41) is 18.0. The SMILES string of the molecule is Cn1nccc1[C@@H]1OCCC[C@H]1CNC(=O)Nc1cn(Cc2ccccc2)nn1. The number of carbonyl (C=O) groups is 1. The summed E-state index contributed by atoms with van der Waals surface area (Å²) in [4.78, 5) is 12.3. The van der Waals surface area contributed by atoms with E-state index >= 15 is 0 Å². The van der Waals surface area contributed by atoms with Gasteiger partial charge in [0.15, 0.2) is 5.82 Å². The van der Waals surface area contributed by atoms with E-state index in [1.54, 1.807) is 17.1 Å². The van der Waals surface area contributed by atoms with Gasteiger partial charge in [0.25, 0.3) is 0 Å². The van der Waals surface area contributed by atoms with E-state index in [0.717, 1.165) is 30.7 Å². The second-order valence-corrected chi connectivity index (χ2v) is 7.20. The van der Waals surface area contributed by atoms with Crippen LogP contribution in [-0.2, 0) is 18.3 Å². The van der Waals surface area contributed by atoms with Gasteiger partial charge in [-0.3, -0.25) is 10.00 Å². The summed E-state index contributed by atoms with van der Waals surface area (Å²) < 4.78 is 9.49. The summed E-state index contributed by atoms with van der Waals surface area (Å²) >= 11 is 0. The van der Waals surface area contributed by atoms with Crippen molar-refractivity contribution in [3.05, 3.63) is 60.0 Å². The largest absolute Gasteiger partial charge is 0.372 e. The number of amides is 2. The number of ether oxygens (including phenoxy) is 1. The summed E-state index contributed by atoms with van der Waals surface area (Å²) in [6, 6.07) is 11.6. The molecule has 9 nitrogen and oxygen atoms in total. The van der Waals surface area contributed by atoms with Crippen LogP contribution in [0.3, 0.4) is 0 Å². The molecule has 0 unspecified atom stereocenters. The van der Waals surface area contributed by atoms with Gasteiger partial charge in [-0.05, 0) is 24.5 Å². The van der Waals surface area contributed by atoms with E-state index in [-0.39, 0.29) is 18.1 Å². The minimum Gasteiger partial charge on any atom is -0.372 e. The lowest BCUT2D eigenvalue weighted by Crippen LogP contribution is -2.37. The first-order valence-corrected chi connectivity index (χ1v) is 9.77. The number of anilines is 1. The predicted molar refractivity (Wildman–Crippen MR) is 107 cm³/mol. The zero-order chi connectivity index (χ0) is 20.1. The molecule has 0 bridgehead atoms. The van der Waals surface area contributed by atoms with Crippen LogP contribution in [0.25, 0.3) is 0 Å². The number of hydrogen-bond donors (Lipinski definition) is 2. The Labute approximate surface area is 169 Å². The molecule has 3 heterocycles. The summed E-state index contributed by atoms with van der Waals surface area (Å²) in [5.41, 5.74) is 2.15. The Balaban J connectivity index is 1.30. The molecule has 0 saturated carbocycles. The van der Waals surface area contributed by atoms with Crippen LogP contribution < -0.4 is 10.6 Å². The second-order valence-electron chi connectivity index (χ2n) is 7.20. The van der Waals surface area contributed by atoms with E-state index in [1.807, 2.05) is 48.1 Å². The third kappa shape index (κ3) is 4.80. The van der Waals surface area contributed by atoms with Crippen molar-refractivity contribution in [2.24, 2.45) is 13.0 Å². The molecule has 0 radical (unpaired) electrons. The molecule has 4 rings (SSSR count). The molecule has 1 aromatic carbocycles. The highest BCUT2D eigenvalue weighted by Gasteiger charge is 2.29. The molecular formula is C20H25N7O2. The Hall–Kier alpha value is -3.20. The monoisotopic (exact) mass is 395 g/mol. The summed E-state index contributed by atoms with van der Waals surface area (Å²) in [7, 11) is 1.91. The average molecular weight is 395 g/mol. The molecular weight excluding hydrogens is 370 g/mol. The van der Waals surface area contributed by atoms with Gasteiger partial charge in [0.05, 0.1) is 18.4 Å². The van der Waals surface area contributed by atoms with Gasteiger partial charge in [0.2, 0.25) is 0 Å². The standard InChI is InChI=1S/C20H25N7O2/c1-26-17(9-10-22-26)19-16(8-5-11-29-19)12-21-20(28)23-18-14-27(25-24-18)13-15-6-3-2-4-7-15/h2-4,6-7,9-10,14,16,19H,5,8,11-13H2,1H3,(H2,21,23,28)/t16-,19+/m0/s1. The highest BCUT2D eigenvalue weighted by molar-refractivity contribution is 5.87. The van der Waals surface area contributed by atoms with Crippen molar-refractivity contribution in [2.45, 2.75) is 25.5 Å². The number of aryl methyl sites for hydroxylation is 1. The zero-order valence-corrected chi connectivity index (χ0v) is 16.4. The van der Waals surface area contributed by atoms with Gasteiger partial charge >= 0.3 is 6.03 Å². The Morgan fingerprint density at radius 3 is 2.93 bits per heavy atom.